The normalized spacial score (nSPS) is 12.9. The summed E-state index contributed by atoms with van der Waals surface area (Å²) in [5.41, 5.74) is 0.388. The highest BCUT2D eigenvalue weighted by Crippen LogP contribution is 2.27. The number of phenols is 1. The Morgan fingerprint density at radius 3 is 2.20 bits per heavy atom. The van der Waals surface area contributed by atoms with Gasteiger partial charge < -0.3 is 25.4 Å². The highest BCUT2D eigenvalue weighted by atomic mass is 16.6. The molecule has 0 aliphatic heterocycles. The molecule has 0 saturated carbocycles. The first-order chi connectivity index (χ1) is 18.6. The molecule has 0 fully saturated rings. The van der Waals surface area contributed by atoms with Crippen molar-refractivity contribution < 1.29 is 24.2 Å². The summed E-state index contributed by atoms with van der Waals surface area (Å²) >= 11 is 0. The van der Waals surface area contributed by atoms with E-state index in [2.05, 4.69) is 16.6 Å². The number of hydrogen-bond donors (Lipinski definition) is 3. The van der Waals surface area contributed by atoms with E-state index in [-0.39, 0.29) is 24.6 Å². The minimum atomic E-state index is -1.06. The molecule has 8 heteroatoms. The molecule has 0 saturated heterocycles. The zero-order valence-corrected chi connectivity index (χ0v) is 24.7. The van der Waals surface area contributed by atoms with Gasteiger partial charge in [0.15, 0.2) is 0 Å². The summed E-state index contributed by atoms with van der Waals surface area (Å²) in [5.74, 6) is 1.90. The molecule has 0 bridgehead atoms. The maximum Gasteiger partial charge on any atom is 0.408 e. The predicted molar refractivity (Wildman–Crippen MR) is 157 cm³/mol. The number of nitrogens with zero attached hydrogens (tertiary/aromatic N) is 1. The first kappa shape index (κ1) is 32.2. The summed E-state index contributed by atoms with van der Waals surface area (Å²) in [6, 6.07) is 11.4. The van der Waals surface area contributed by atoms with Crippen LogP contribution in [0.4, 0.5) is 4.79 Å². The van der Waals surface area contributed by atoms with E-state index in [4.69, 9.17) is 11.2 Å². The van der Waals surface area contributed by atoms with Gasteiger partial charge in [-0.3, -0.25) is 9.59 Å². The van der Waals surface area contributed by atoms with Crippen molar-refractivity contribution in [1.82, 2.24) is 15.5 Å². The summed E-state index contributed by atoms with van der Waals surface area (Å²) in [4.78, 5) is 42.6. The van der Waals surface area contributed by atoms with Crippen molar-refractivity contribution in [1.29, 1.82) is 0 Å². The maximum atomic E-state index is 14.4. The Kier molecular flexibility index (Phi) is 11.2. The highest BCUT2D eigenvalue weighted by molar-refractivity contribution is 5.93. The molecule has 0 spiro atoms. The average molecular weight is 550 g/mol. The number of hydrogen-bond acceptors (Lipinski definition) is 5. The van der Waals surface area contributed by atoms with Crippen LogP contribution in [-0.4, -0.2) is 51.6 Å². The molecule has 2 unspecified atom stereocenters. The van der Waals surface area contributed by atoms with Gasteiger partial charge in [0, 0.05) is 24.1 Å². The lowest BCUT2D eigenvalue weighted by molar-refractivity contribution is -0.143. The number of amides is 3. The Morgan fingerprint density at radius 2 is 1.65 bits per heavy atom. The second-order valence-electron chi connectivity index (χ2n) is 11.8. The van der Waals surface area contributed by atoms with Gasteiger partial charge in [-0.05, 0) is 77.3 Å². The van der Waals surface area contributed by atoms with Crippen molar-refractivity contribution in [2.75, 3.05) is 6.54 Å². The highest BCUT2D eigenvalue weighted by Gasteiger charge is 2.38. The van der Waals surface area contributed by atoms with Crippen LogP contribution in [0, 0.1) is 12.3 Å². The smallest absolute Gasteiger partial charge is 0.408 e. The van der Waals surface area contributed by atoms with E-state index in [9.17, 15) is 19.5 Å². The molecule has 8 nitrogen and oxygen atoms in total. The number of carbonyl (C=O) groups excluding carboxylic acids is 3. The molecule has 0 aliphatic carbocycles. The molecule has 2 rings (SSSR count). The summed E-state index contributed by atoms with van der Waals surface area (Å²) in [5, 5.41) is 15.5. The van der Waals surface area contributed by atoms with Gasteiger partial charge in [0.25, 0.3) is 0 Å². The number of unbranched alkanes of at least 4 members (excludes halogenated alkanes) is 1. The van der Waals surface area contributed by atoms with E-state index >= 15 is 0 Å². The number of alkyl carbamates (subject to hydrolysis) is 1. The number of rotatable bonds is 10. The van der Waals surface area contributed by atoms with Crippen molar-refractivity contribution in [3.05, 3.63) is 65.2 Å². The van der Waals surface area contributed by atoms with Crippen LogP contribution in [0.1, 0.15) is 84.0 Å². The molecule has 3 N–H and O–H groups in total. The van der Waals surface area contributed by atoms with Crippen LogP contribution in [0.3, 0.4) is 0 Å². The molecular formula is C32H43N3O5. The molecular weight excluding hydrogens is 506 g/mol. The second kappa shape index (κ2) is 13.9. The molecule has 40 heavy (non-hydrogen) atoms. The molecule has 216 valence electrons. The van der Waals surface area contributed by atoms with Crippen molar-refractivity contribution in [3.8, 4) is 18.1 Å². The van der Waals surface area contributed by atoms with Crippen molar-refractivity contribution in [2.45, 2.75) is 91.0 Å². The van der Waals surface area contributed by atoms with Gasteiger partial charge in [0.2, 0.25) is 11.8 Å². The van der Waals surface area contributed by atoms with Gasteiger partial charge in [0.05, 0.1) is 0 Å². The molecule has 2 aromatic rings. The largest absolute Gasteiger partial charge is 0.508 e. The van der Waals surface area contributed by atoms with Crippen LogP contribution in [0.2, 0.25) is 0 Å². The molecule has 3 amide bonds. The zero-order chi connectivity index (χ0) is 30.1. The number of nitrogens with one attached hydrogen (secondary N) is 2. The van der Waals surface area contributed by atoms with E-state index in [0.29, 0.717) is 23.1 Å². The fourth-order valence-electron chi connectivity index (χ4n) is 4.17. The summed E-state index contributed by atoms with van der Waals surface area (Å²) in [7, 11) is 0. The zero-order valence-electron chi connectivity index (χ0n) is 24.7. The van der Waals surface area contributed by atoms with Crippen molar-refractivity contribution in [2.24, 2.45) is 0 Å². The topological polar surface area (TPSA) is 108 Å². The fourth-order valence-corrected chi connectivity index (χ4v) is 4.17. The third-order valence-corrected chi connectivity index (χ3v) is 5.87. The SMILES string of the molecule is C#Cc1ccccc1C(C(=O)NC(C)(C)C)N(CCCC)C(=O)C(Cc1ccc(O)cc1)NC(=O)OC(C)(C)C. The quantitative estimate of drug-likeness (QED) is 0.358. The average Bonchev–Trinajstić information content (AvgIpc) is 2.84. The fraction of sp³-hybridized carbons (Fsp3) is 0.469. The molecule has 0 aliphatic rings. The van der Waals surface area contributed by atoms with E-state index in [0.717, 1.165) is 6.42 Å². The van der Waals surface area contributed by atoms with Crippen LogP contribution in [-0.2, 0) is 20.7 Å². The Bertz CT molecular complexity index is 1200. The summed E-state index contributed by atoms with van der Waals surface area (Å²) in [6.45, 7) is 13.1. The van der Waals surface area contributed by atoms with Gasteiger partial charge in [-0.1, -0.05) is 49.6 Å². The molecule has 0 radical (unpaired) electrons. The maximum absolute atomic E-state index is 14.4. The van der Waals surface area contributed by atoms with Crippen LogP contribution >= 0.6 is 0 Å². The van der Waals surface area contributed by atoms with E-state index in [1.807, 2.05) is 27.7 Å². The van der Waals surface area contributed by atoms with Gasteiger partial charge >= 0.3 is 6.09 Å². The lowest BCUT2D eigenvalue weighted by Crippen LogP contribution is -2.55. The van der Waals surface area contributed by atoms with Gasteiger partial charge in [0.1, 0.15) is 23.4 Å². The van der Waals surface area contributed by atoms with E-state index < -0.39 is 35.2 Å². The van der Waals surface area contributed by atoms with Crippen LogP contribution in [0.5, 0.6) is 5.75 Å². The third-order valence-electron chi connectivity index (χ3n) is 5.87. The predicted octanol–water partition coefficient (Wildman–Crippen LogP) is 5.09. The Balaban J connectivity index is 2.63. The Morgan fingerprint density at radius 1 is 1.02 bits per heavy atom. The number of benzene rings is 2. The number of carbonyl (C=O) groups is 3. The number of phenolic OH excluding ortho intramolecular Hbond substituents is 1. The van der Waals surface area contributed by atoms with Crippen molar-refractivity contribution >= 4 is 17.9 Å². The first-order valence-corrected chi connectivity index (χ1v) is 13.6. The minimum absolute atomic E-state index is 0.0844. The lowest BCUT2D eigenvalue weighted by Gasteiger charge is -2.36. The van der Waals surface area contributed by atoms with Gasteiger partial charge in [-0.2, -0.15) is 0 Å². The Labute approximate surface area is 238 Å². The monoisotopic (exact) mass is 549 g/mol. The summed E-state index contributed by atoms with van der Waals surface area (Å²) in [6.07, 6.45) is 6.58. The number of terminal acetylenes is 1. The summed E-state index contributed by atoms with van der Waals surface area (Å²) < 4.78 is 5.46. The molecule has 0 heterocycles. The van der Waals surface area contributed by atoms with Gasteiger partial charge in [-0.15, -0.1) is 6.42 Å². The standard InChI is InChI=1S/C32H43N3O5/c1-9-11-20-35(27(28(37)34-31(3,4)5)25-15-13-12-14-23(25)10-2)29(38)26(33-30(39)40-32(6,7)8)21-22-16-18-24(36)19-17-22/h2,12-19,26-27,36H,9,11,20-21H2,1,3-8H3,(H,33,39)(H,34,37). The van der Waals surface area contributed by atoms with Crippen LogP contribution in [0.25, 0.3) is 0 Å². The number of ether oxygens (including phenoxy) is 1. The third kappa shape index (κ3) is 9.96. The van der Waals surface area contributed by atoms with E-state index in [1.165, 1.54) is 17.0 Å². The molecule has 2 aromatic carbocycles. The first-order valence-electron chi connectivity index (χ1n) is 13.6. The Hall–Kier alpha value is -3.99. The lowest BCUT2D eigenvalue weighted by atomic mass is 9.95. The molecule has 0 aromatic heterocycles. The second-order valence-corrected chi connectivity index (χ2v) is 11.8. The minimum Gasteiger partial charge on any atom is -0.508 e. The molecule has 2 atom stereocenters. The van der Waals surface area contributed by atoms with Crippen molar-refractivity contribution in [3.63, 3.8) is 0 Å². The van der Waals surface area contributed by atoms with Crippen LogP contribution in [0.15, 0.2) is 48.5 Å². The number of aromatic hydroxyl groups is 1. The van der Waals surface area contributed by atoms with E-state index in [1.54, 1.807) is 57.2 Å². The van der Waals surface area contributed by atoms with Crippen LogP contribution < -0.4 is 10.6 Å². The van der Waals surface area contributed by atoms with Gasteiger partial charge in [-0.25, -0.2) is 4.79 Å².